The zero-order chi connectivity index (χ0) is 5.82. The van der Waals surface area contributed by atoms with Crippen molar-refractivity contribution in [3.63, 3.8) is 0 Å². The minimum absolute atomic E-state index is 0.949. The number of hydrogen-bond acceptors (Lipinski definition) is 1. The second-order valence-corrected chi connectivity index (χ2v) is 3.36. The summed E-state index contributed by atoms with van der Waals surface area (Å²) in [6.45, 7) is 2.26. The van der Waals surface area contributed by atoms with Gasteiger partial charge in [-0.25, -0.2) is 0 Å². The van der Waals surface area contributed by atoms with Gasteiger partial charge in [0, 0.05) is 5.75 Å². The molecule has 0 bridgehead atoms. The summed E-state index contributed by atoms with van der Waals surface area (Å²) in [5.41, 5.74) is 0. The smallest absolute Gasteiger partial charge is 0.0197 e. The van der Waals surface area contributed by atoms with Gasteiger partial charge < -0.3 is 0 Å². The first-order valence-electron chi connectivity index (χ1n) is 3.38. The molecule has 0 aromatic carbocycles. The van der Waals surface area contributed by atoms with Gasteiger partial charge in [0.15, 0.2) is 0 Å². The van der Waals surface area contributed by atoms with E-state index in [1.807, 2.05) is 11.8 Å². The van der Waals surface area contributed by atoms with Gasteiger partial charge in [-0.1, -0.05) is 13.3 Å². The molecule has 1 rings (SSSR count). The molecule has 0 N–H and O–H groups in total. The third-order valence-corrected chi connectivity index (χ3v) is 2.60. The molecule has 0 spiro atoms. The third-order valence-electron chi connectivity index (χ3n) is 1.55. The number of hydrogen-bond donors (Lipinski definition) is 0. The molecule has 0 aliphatic carbocycles. The Balaban J connectivity index is 2.06. The van der Waals surface area contributed by atoms with Gasteiger partial charge in [-0.05, 0) is 24.5 Å². The van der Waals surface area contributed by atoms with E-state index >= 15 is 0 Å². The first-order valence-corrected chi connectivity index (χ1v) is 4.43. The highest BCUT2D eigenvalue weighted by Crippen LogP contribution is 2.31. The SMILES string of the molecule is CCC[C@@H]1[CH]SCC1. The van der Waals surface area contributed by atoms with Gasteiger partial charge in [-0.3, -0.25) is 0 Å². The quantitative estimate of drug-likeness (QED) is 0.552. The largest absolute Gasteiger partial charge is 0.157 e. The molecule has 0 unspecified atom stereocenters. The van der Waals surface area contributed by atoms with Crippen LogP contribution in [0, 0.1) is 11.7 Å². The average molecular weight is 129 g/mol. The summed E-state index contributed by atoms with van der Waals surface area (Å²) in [6.07, 6.45) is 4.19. The van der Waals surface area contributed by atoms with Crippen molar-refractivity contribution in [3.8, 4) is 0 Å². The fourth-order valence-corrected chi connectivity index (χ4v) is 2.19. The van der Waals surface area contributed by atoms with Gasteiger partial charge in [0.05, 0.1) is 0 Å². The maximum Gasteiger partial charge on any atom is 0.0197 e. The van der Waals surface area contributed by atoms with E-state index in [4.69, 9.17) is 0 Å². The van der Waals surface area contributed by atoms with Gasteiger partial charge in [0.1, 0.15) is 0 Å². The molecule has 1 aliphatic rings. The van der Waals surface area contributed by atoms with Crippen molar-refractivity contribution in [1.29, 1.82) is 0 Å². The summed E-state index contributed by atoms with van der Waals surface area (Å²) in [5.74, 6) is 4.72. The topological polar surface area (TPSA) is 0 Å². The Morgan fingerprint density at radius 3 is 3.12 bits per heavy atom. The van der Waals surface area contributed by atoms with Crippen LogP contribution in [-0.4, -0.2) is 5.75 Å². The molecule has 1 radical (unpaired) electrons. The van der Waals surface area contributed by atoms with Crippen molar-refractivity contribution in [2.75, 3.05) is 5.75 Å². The van der Waals surface area contributed by atoms with Gasteiger partial charge in [-0.15, -0.1) is 0 Å². The molecule has 0 aromatic rings. The van der Waals surface area contributed by atoms with Crippen LogP contribution < -0.4 is 0 Å². The standard InChI is InChI=1S/C7H13S/c1-2-3-7-4-5-8-6-7/h6-7H,2-5H2,1H3/t7-/m0/s1. The summed E-state index contributed by atoms with van der Waals surface area (Å²) >= 11 is 2.00. The van der Waals surface area contributed by atoms with E-state index in [0.717, 1.165) is 5.92 Å². The molecule has 0 nitrogen and oxygen atoms in total. The summed E-state index contributed by atoms with van der Waals surface area (Å²) < 4.78 is 0. The third kappa shape index (κ3) is 1.70. The lowest BCUT2D eigenvalue weighted by Gasteiger charge is -2.01. The van der Waals surface area contributed by atoms with Gasteiger partial charge >= 0.3 is 0 Å². The highest BCUT2D eigenvalue weighted by Gasteiger charge is 2.13. The zero-order valence-corrected chi connectivity index (χ0v) is 6.21. The molecule has 1 heteroatoms. The van der Waals surface area contributed by atoms with E-state index in [1.165, 1.54) is 25.0 Å². The maximum absolute atomic E-state index is 2.41. The van der Waals surface area contributed by atoms with Crippen LogP contribution in [0.25, 0.3) is 0 Å². The minimum atomic E-state index is 0.949. The molecular formula is C7H13S. The van der Waals surface area contributed by atoms with E-state index in [-0.39, 0.29) is 0 Å². The van der Waals surface area contributed by atoms with E-state index in [1.54, 1.807) is 0 Å². The van der Waals surface area contributed by atoms with Crippen LogP contribution >= 0.6 is 11.8 Å². The van der Waals surface area contributed by atoms with Crippen LogP contribution in [0.4, 0.5) is 0 Å². The molecule has 1 fully saturated rings. The summed E-state index contributed by atoms with van der Waals surface area (Å²) in [5, 5.41) is 0. The van der Waals surface area contributed by atoms with Crippen LogP contribution in [0.3, 0.4) is 0 Å². The normalized spacial score (nSPS) is 28.9. The zero-order valence-electron chi connectivity index (χ0n) is 5.39. The molecule has 1 atom stereocenters. The average Bonchev–Trinajstić information content (AvgIpc) is 2.19. The molecule has 8 heavy (non-hydrogen) atoms. The Hall–Kier alpha value is 0.350. The van der Waals surface area contributed by atoms with Crippen molar-refractivity contribution in [2.24, 2.45) is 5.92 Å². The van der Waals surface area contributed by atoms with Crippen molar-refractivity contribution in [3.05, 3.63) is 5.75 Å². The van der Waals surface area contributed by atoms with Crippen molar-refractivity contribution < 1.29 is 0 Å². The highest BCUT2D eigenvalue weighted by molar-refractivity contribution is 8.01. The summed E-state index contributed by atoms with van der Waals surface area (Å²) in [7, 11) is 0. The molecule has 0 aromatic heterocycles. The van der Waals surface area contributed by atoms with E-state index in [0.29, 0.717) is 0 Å². The molecule has 1 saturated heterocycles. The molecule has 47 valence electrons. The highest BCUT2D eigenvalue weighted by atomic mass is 32.2. The van der Waals surface area contributed by atoms with Gasteiger partial charge in [0.2, 0.25) is 0 Å². The van der Waals surface area contributed by atoms with E-state index < -0.39 is 0 Å². The lowest BCUT2D eigenvalue weighted by atomic mass is 10.0. The molecule has 1 aliphatic heterocycles. The second-order valence-electron chi connectivity index (χ2n) is 2.34. The minimum Gasteiger partial charge on any atom is -0.157 e. The van der Waals surface area contributed by atoms with Crippen molar-refractivity contribution in [2.45, 2.75) is 26.2 Å². The van der Waals surface area contributed by atoms with Crippen LogP contribution in [0.5, 0.6) is 0 Å². The fourth-order valence-electron chi connectivity index (χ4n) is 1.07. The molecule has 1 heterocycles. The van der Waals surface area contributed by atoms with Crippen molar-refractivity contribution >= 4 is 11.8 Å². The Morgan fingerprint density at radius 1 is 1.75 bits per heavy atom. The second kappa shape index (κ2) is 3.39. The summed E-state index contributed by atoms with van der Waals surface area (Å²) in [4.78, 5) is 0. The summed E-state index contributed by atoms with van der Waals surface area (Å²) in [6, 6.07) is 0. The van der Waals surface area contributed by atoms with Crippen LogP contribution in [0.2, 0.25) is 0 Å². The Labute approximate surface area is 56.0 Å². The monoisotopic (exact) mass is 129 g/mol. The Kier molecular flexibility index (Phi) is 2.74. The number of thioether (sulfide) groups is 1. The predicted molar refractivity (Wildman–Crippen MR) is 39.8 cm³/mol. The first kappa shape index (κ1) is 6.47. The Morgan fingerprint density at radius 2 is 2.62 bits per heavy atom. The van der Waals surface area contributed by atoms with Gasteiger partial charge in [0.25, 0.3) is 0 Å². The Bertz CT molecular complexity index is 55.4. The van der Waals surface area contributed by atoms with Gasteiger partial charge in [-0.2, -0.15) is 11.8 Å². The molecule has 0 saturated carbocycles. The lowest BCUT2D eigenvalue weighted by molar-refractivity contribution is 0.569. The van der Waals surface area contributed by atoms with Crippen LogP contribution in [-0.2, 0) is 0 Å². The van der Waals surface area contributed by atoms with Crippen molar-refractivity contribution in [1.82, 2.24) is 0 Å². The number of rotatable bonds is 2. The van der Waals surface area contributed by atoms with Crippen LogP contribution in [0.1, 0.15) is 26.2 Å². The maximum atomic E-state index is 2.41. The molecular weight excluding hydrogens is 116 g/mol. The van der Waals surface area contributed by atoms with Crippen LogP contribution in [0.15, 0.2) is 0 Å². The van der Waals surface area contributed by atoms with E-state index in [2.05, 4.69) is 12.7 Å². The lowest BCUT2D eigenvalue weighted by Crippen LogP contribution is -1.90. The first-order chi connectivity index (χ1) is 3.93. The van der Waals surface area contributed by atoms with E-state index in [9.17, 15) is 0 Å². The fraction of sp³-hybridized carbons (Fsp3) is 0.857. The predicted octanol–water partition coefficient (Wildman–Crippen LogP) is 2.70. The molecule has 0 amide bonds.